The van der Waals surface area contributed by atoms with Crippen LogP contribution >= 0.6 is 0 Å². The second-order valence-electron chi connectivity index (χ2n) is 8.95. The molecule has 2 aliphatic heterocycles. The molecular formula is C21H33N3O4. The summed E-state index contributed by atoms with van der Waals surface area (Å²) in [7, 11) is 0. The Morgan fingerprint density at radius 2 is 2.07 bits per heavy atom. The molecule has 28 heavy (non-hydrogen) atoms. The zero-order chi connectivity index (χ0) is 19.5. The van der Waals surface area contributed by atoms with Crippen LogP contribution < -0.4 is 5.32 Å². The third kappa shape index (κ3) is 4.50. The molecule has 0 radical (unpaired) electrons. The molecule has 0 unspecified atom stereocenters. The standard InChI is InChI=1S/C21H33N3O4/c1-14(18-12-15-4-5-16(18)11-15)22-20(25)13-28-23-17-6-8-24(9-7-17)21(26)19-3-2-10-27-19/h14-16,18-19H,2-13H2,1H3,(H,22,25)/t14-,15-,16-,18+,19-/m0/s1. The van der Waals surface area contributed by atoms with Gasteiger partial charge in [-0.15, -0.1) is 0 Å². The van der Waals surface area contributed by atoms with Gasteiger partial charge in [0.2, 0.25) is 0 Å². The summed E-state index contributed by atoms with van der Waals surface area (Å²) in [5, 5.41) is 7.24. The number of ether oxygens (including phenoxy) is 1. The number of rotatable bonds is 6. The summed E-state index contributed by atoms with van der Waals surface area (Å²) in [6.07, 6.45) is 8.24. The Hall–Kier alpha value is -1.63. The molecule has 2 amide bonds. The van der Waals surface area contributed by atoms with Gasteiger partial charge in [-0.25, -0.2) is 0 Å². The zero-order valence-corrected chi connectivity index (χ0v) is 16.9. The van der Waals surface area contributed by atoms with Gasteiger partial charge in [0.15, 0.2) is 6.61 Å². The molecule has 2 saturated carbocycles. The first-order valence-corrected chi connectivity index (χ1v) is 11.0. The molecule has 0 aromatic rings. The quantitative estimate of drug-likeness (QED) is 0.703. The van der Waals surface area contributed by atoms with Crippen LogP contribution in [-0.4, -0.2) is 60.9 Å². The van der Waals surface area contributed by atoms with Gasteiger partial charge in [-0.1, -0.05) is 11.6 Å². The predicted molar refractivity (Wildman–Crippen MR) is 105 cm³/mol. The number of hydrogen-bond acceptors (Lipinski definition) is 5. The van der Waals surface area contributed by atoms with E-state index in [-0.39, 0.29) is 30.6 Å². The van der Waals surface area contributed by atoms with E-state index < -0.39 is 0 Å². The number of carbonyl (C=O) groups is 2. The minimum Gasteiger partial charge on any atom is -0.386 e. The summed E-state index contributed by atoms with van der Waals surface area (Å²) < 4.78 is 5.48. The molecule has 7 nitrogen and oxygen atoms in total. The molecule has 156 valence electrons. The van der Waals surface area contributed by atoms with Crippen molar-refractivity contribution in [3.63, 3.8) is 0 Å². The van der Waals surface area contributed by atoms with Gasteiger partial charge in [0.25, 0.3) is 11.8 Å². The largest absolute Gasteiger partial charge is 0.386 e. The van der Waals surface area contributed by atoms with Crippen molar-refractivity contribution in [1.82, 2.24) is 10.2 Å². The van der Waals surface area contributed by atoms with Crippen LogP contribution in [0, 0.1) is 17.8 Å². The van der Waals surface area contributed by atoms with Gasteiger partial charge in [0.1, 0.15) is 6.10 Å². The van der Waals surface area contributed by atoms with Crippen LogP contribution in [0.3, 0.4) is 0 Å². The Balaban J connectivity index is 1.14. The van der Waals surface area contributed by atoms with Crippen LogP contribution in [0.4, 0.5) is 0 Å². The lowest BCUT2D eigenvalue weighted by atomic mass is 9.84. The second kappa shape index (κ2) is 8.80. The summed E-state index contributed by atoms with van der Waals surface area (Å²) in [4.78, 5) is 31.7. The lowest BCUT2D eigenvalue weighted by molar-refractivity contribution is -0.141. The highest BCUT2D eigenvalue weighted by Gasteiger charge is 2.42. The van der Waals surface area contributed by atoms with Gasteiger partial charge < -0.3 is 19.8 Å². The molecule has 4 rings (SSSR count). The molecule has 0 aromatic carbocycles. The highest BCUT2D eigenvalue weighted by Crippen LogP contribution is 2.49. The van der Waals surface area contributed by atoms with E-state index in [1.165, 1.54) is 25.7 Å². The number of hydrogen-bond donors (Lipinski definition) is 1. The Morgan fingerprint density at radius 1 is 1.25 bits per heavy atom. The van der Waals surface area contributed by atoms with E-state index in [0.717, 1.165) is 30.4 Å². The first-order valence-electron chi connectivity index (χ1n) is 11.0. The molecule has 4 fully saturated rings. The van der Waals surface area contributed by atoms with E-state index in [2.05, 4.69) is 17.4 Å². The average molecular weight is 392 g/mol. The maximum Gasteiger partial charge on any atom is 0.260 e. The third-order valence-corrected chi connectivity index (χ3v) is 7.07. The summed E-state index contributed by atoms with van der Waals surface area (Å²) >= 11 is 0. The fraction of sp³-hybridized carbons (Fsp3) is 0.857. The molecule has 1 N–H and O–H groups in total. The average Bonchev–Trinajstić information content (AvgIpc) is 3.46. The summed E-state index contributed by atoms with van der Waals surface area (Å²) in [5.41, 5.74) is 0.922. The highest BCUT2D eigenvalue weighted by atomic mass is 16.6. The van der Waals surface area contributed by atoms with E-state index in [1.807, 2.05) is 4.90 Å². The Morgan fingerprint density at radius 3 is 2.71 bits per heavy atom. The zero-order valence-electron chi connectivity index (χ0n) is 16.9. The summed E-state index contributed by atoms with van der Waals surface area (Å²) in [5.74, 6) is 2.32. The van der Waals surface area contributed by atoms with Gasteiger partial charge in [0, 0.05) is 38.6 Å². The SMILES string of the molecule is C[C@H](NC(=O)CON=C1CCN(C(=O)[C@@H]2CCCO2)CC1)[C@H]1C[C@H]2CC[C@H]1C2. The minimum absolute atomic E-state index is 0.0345. The first-order chi connectivity index (χ1) is 13.6. The minimum atomic E-state index is -0.254. The van der Waals surface area contributed by atoms with Crippen LogP contribution in [-0.2, 0) is 19.2 Å². The molecule has 2 bridgehead atoms. The van der Waals surface area contributed by atoms with Crippen molar-refractivity contribution in [2.24, 2.45) is 22.9 Å². The third-order valence-electron chi connectivity index (χ3n) is 7.07. The molecule has 5 atom stereocenters. The topological polar surface area (TPSA) is 80.2 Å². The van der Waals surface area contributed by atoms with E-state index >= 15 is 0 Å². The lowest BCUT2D eigenvalue weighted by Gasteiger charge is -2.29. The molecule has 2 aliphatic carbocycles. The molecule has 0 aromatic heterocycles. The molecule has 0 spiro atoms. The summed E-state index contributed by atoms with van der Waals surface area (Å²) in [6, 6.07) is 0.214. The smallest absolute Gasteiger partial charge is 0.260 e. The van der Waals surface area contributed by atoms with Crippen LogP contribution in [0.5, 0.6) is 0 Å². The number of likely N-dealkylation sites (tertiary alicyclic amines) is 1. The van der Waals surface area contributed by atoms with E-state index in [9.17, 15) is 9.59 Å². The fourth-order valence-electron chi connectivity index (χ4n) is 5.54. The fourth-order valence-corrected chi connectivity index (χ4v) is 5.54. The molecule has 2 saturated heterocycles. The second-order valence-corrected chi connectivity index (χ2v) is 8.95. The number of nitrogens with zero attached hydrogens (tertiary/aromatic N) is 2. The predicted octanol–water partition coefficient (Wildman–Crippen LogP) is 2.10. The van der Waals surface area contributed by atoms with Gasteiger partial charge in [-0.3, -0.25) is 9.59 Å². The van der Waals surface area contributed by atoms with Gasteiger partial charge in [-0.2, -0.15) is 0 Å². The number of fused-ring (bicyclic) bond motifs is 2. The lowest BCUT2D eigenvalue weighted by Crippen LogP contribution is -2.44. The monoisotopic (exact) mass is 391 g/mol. The first kappa shape index (κ1) is 19.7. The number of piperidine rings is 1. The summed E-state index contributed by atoms with van der Waals surface area (Å²) in [6.45, 7) is 4.07. The highest BCUT2D eigenvalue weighted by molar-refractivity contribution is 5.88. The number of carbonyl (C=O) groups excluding carboxylic acids is 2. The molecule has 7 heteroatoms. The normalized spacial score (nSPS) is 33.0. The Labute approximate surface area is 167 Å². The Kier molecular flexibility index (Phi) is 6.19. The van der Waals surface area contributed by atoms with Gasteiger partial charge >= 0.3 is 0 Å². The van der Waals surface area contributed by atoms with Crippen molar-refractivity contribution in [2.45, 2.75) is 70.4 Å². The van der Waals surface area contributed by atoms with Crippen molar-refractivity contribution in [2.75, 3.05) is 26.3 Å². The van der Waals surface area contributed by atoms with Crippen LogP contribution in [0.25, 0.3) is 0 Å². The number of oxime groups is 1. The molecule has 2 heterocycles. The van der Waals surface area contributed by atoms with Crippen molar-refractivity contribution < 1.29 is 19.2 Å². The van der Waals surface area contributed by atoms with E-state index in [0.29, 0.717) is 38.5 Å². The Bertz CT molecular complexity index is 607. The number of amides is 2. The van der Waals surface area contributed by atoms with Gasteiger partial charge in [0.05, 0.1) is 5.71 Å². The molecule has 4 aliphatic rings. The van der Waals surface area contributed by atoms with Crippen LogP contribution in [0.1, 0.15) is 58.3 Å². The van der Waals surface area contributed by atoms with Crippen LogP contribution in [0.15, 0.2) is 5.16 Å². The maximum absolute atomic E-state index is 12.3. The maximum atomic E-state index is 12.3. The van der Waals surface area contributed by atoms with Crippen molar-refractivity contribution in [3.8, 4) is 0 Å². The van der Waals surface area contributed by atoms with E-state index in [4.69, 9.17) is 9.57 Å². The van der Waals surface area contributed by atoms with Gasteiger partial charge in [-0.05, 0) is 56.8 Å². The molecular weight excluding hydrogens is 358 g/mol. The van der Waals surface area contributed by atoms with E-state index in [1.54, 1.807) is 0 Å². The van der Waals surface area contributed by atoms with Crippen molar-refractivity contribution in [1.29, 1.82) is 0 Å². The van der Waals surface area contributed by atoms with Crippen LogP contribution in [0.2, 0.25) is 0 Å². The van der Waals surface area contributed by atoms with Crippen molar-refractivity contribution >= 4 is 17.5 Å². The van der Waals surface area contributed by atoms with Crippen molar-refractivity contribution in [3.05, 3.63) is 0 Å². The number of nitrogens with one attached hydrogen (secondary N) is 1.